The van der Waals surface area contributed by atoms with E-state index in [9.17, 15) is 0 Å². The summed E-state index contributed by atoms with van der Waals surface area (Å²) in [6.45, 7) is 0. The summed E-state index contributed by atoms with van der Waals surface area (Å²) in [5, 5.41) is 4.86. The molecule has 0 spiro atoms. The van der Waals surface area contributed by atoms with Crippen LogP contribution in [0.15, 0.2) is 158 Å². The Morgan fingerprint density at radius 1 is 0.340 bits per heavy atom. The maximum Gasteiger partial charge on any atom is 0.164 e. The van der Waals surface area contributed by atoms with Crippen molar-refractivity contribution in [1.82, 2.24) is 19.5 Å². The largest absolute Gasteiger partial charge is 0.309 e. The van der Waals surface area contributed by atoms with Crippen molar-refractivity contribution < 1.29 is 0 Å². The summed E-state index contributed by atoms with van der Waals surface area (Å²) in [6.07, 6.45) is 0. The summed E-state index contributed by atoms with van der Waals surface area (Å²) in [5.74, 6) is 1.96. The highest BCUT2D eigenvalue weighted by Gasteiger charge is 2.23. The fourth-order valence-corrected chi connectivity index (χ4v) is 7.33. The Hall–Kier alpha value is -6.39. The smallest absolute Gasteiger partial charge is 0.164 e. The van der Waals surface area contributed by atoms with Gasteiger partial charge in [-0.15, -0.1) is 0 Å². The molecule has 4 nitrogen and oxygen atoms in total. The van der Waals surface area contributed by atoms with E-state index in [4.69, 9.17) is 15.0 Å². The summed E-state index contributed by atoms with van der Waals surface area (Å²) in [5.41, 5.74) is 11.3. The van der Waals surface area contributed by atoms with Crippen LogP contribution in [0.4, 0.5) is 0 Å². The van der Waals surface area contributed by atoms with E-state index in [1.165, 1.54) is 49.4 Å². The Kier molecular flexibility index (Phi) is 5.54. The molecule has 1 aliphatic carbocycles. The van der Waals surface area contributed by atoms with Crippen molar-refractivity contribution in [2.75, 3.05) is 0 Å². The van der Waals surface area contributed by atoms with Crippen LogP contribution in [0, 0.1) is 0 Å². The van der Waals surface area contributed by atoms with Gasteiger partial charge >= 0.3 is 0 Å². The number of hydrogen-bond donors (Lipinski definition) is 0. The van der Waals surface area contributed by atoms with E-state index >= 15 is 0 Å². The van der Waals surface area contributed by atoms with Crippen molar-refractivity contribution in [2.45, 2.75) is 0 Å². The monoisotopic (exact) mass is 598 g/mol. The Morgan fingerprint density at radius 2 is 0.851 bits per heavy atom. The van der Waals surface area contributed by atoms with E-state index in [1.807, 2.05) is 18.2 Å². The topological polar surface area (TPSA) is 43.6 Å². The summed E-state index contributed by atoms with van der Waals surface area (Å²) in [6, 6.07) is 55.5. The van der Waals surface area contributed by atoms with Gasteiger partial charge < -0.3 is 4.57 Å². The second-order valence-corrected chi connectivity index (χ2v) is 12.0. The average Bonchev–Trinajstić information content (AvgIpc) is 3.66. The predicted octanol–water partition coefficient (Wildman–Crippen LogP) is 10.8. The van der Waals surface area contributed by atoms with Crippen LogP contribution in [0.3, 0.4) is 0 Å². The molecule has 0 fully saturated rings. The summed E-state index contributed by atoms with van der Waals surface area (Å²) < 4.78 is 2.33. The SMILES string of the molecule is c1ccc(-c2nc(-c3cccc(-n4c5ccccc5c5ccccc54)c3)nc(-c3ccc4c5c(cccc35)-c3ccccc3-4)n2)cc1. The van der Waals surface area contributed by atoms with Crippen molar-refractivity contribution in [3.63, 3.8) is 0 Å². The molecule has 7 aromatic carbocycles. The lowest BCUT2D eigenvalue weighted by atomic mass is 9.98. The van der Waals surface area contributed by atoms with E-state index in [2.05, 4.69) is 144 Å². The van der Waals surface area contributed by atoms with Crippen LogP contribution >= 0.6 is 0 Å². The molecule has 0 aliphatic heterocycles. The third-order valence-electron chi connectivity index (χ3n) is 9.40. The molecule has 1 aliphatic rings. The first-order valence-corrected chi connectivity index (χ1v) is 15.9. The highest BCUT2D eigenvalue weighted by Crippen LogP contribution is 2.49. The standard InChI is InChI=1S/C43H26N4/c1-2-12-27(13-3-1)41-44-42(28-14-10-15-29(26-28)47-38-22-8-6-18-32(38)33-19-7-9-23-39(33)47)46-43(45-41)37-25-24-36-31-17-5-4-16-30(31)34-20-11-21-35(37)40(34)36/h1-26H. The molecule has 0 atom stereocenters. The molecule has 0 bridgehead atoms. The number of fused-ring (bicyclic) bond motifs is 6. The minimum Gasteiger partial charge on any atom is -0.309 e. The van der Waals surface area contributed by atoms with Crippen LogP contribution in [0.5, 0.6) is 0 Å². The van der Waals surface area contributed by atoms with Crippen LogP contribution in [0.1, 0.15) is 0 Å². The molecule has 47 heavy (non-hydrogen) atoms. The van der Waals surface area contributed by atoms with Gasteiger partial charge in [0.1, 0.15) is 0 Å². The van der Waals surface area contributed by atoms with Crippen molar-refractivity contribution in [1.29, 1.82) is 0 Å². The lowest BCUT2D eigenvalue weighted by molar-refractivity contribution is 1.07. The molecule has 2 heterocycles. The highest BCUT2D eigenvalue weighted by molar-refractivity contribution is 6.18. The molecular weight excluding hydrogens is 573 g/mol. The lowest BCUT2D eigenvalue weighted by Gasteiger charge is -2.13. The zero-order valence-electron chi connectivity index (χ0n) is 25.3. The lowest BCUT2D eigenvalue weighted by Crippen LogP contribution is -2.01. The first kappa shape index (κ1) is 25.9. The zero-order valence-corrected chi connectivity index (χ0v) is 25.3. The van der Waals surface area contributed by atoms with Crippen molar-refractivity contribution in [3.05, 3.63) is 158 Å². The Morgan fingerprint density at radius 3 is 1.60 bits per heavy atom. The number of rotatable bonds is 4. The van der Waals surface area contributed by atoms with Crippen LogP contribution < -0.4 is 0 Å². The van der Waals surface area contributed by atoms with Crippen LogP contribution in [0.25, 0.3) is 94.7 Å². The third-order valence-corrected chi connectivity index (χ3v) is 9.40. The molecule has 9 aromatic rings. The molecule has 0 N–H and O–H groups in total. The average molecular weight is 599 g/mol. The zero-order chi connectivity index (χ0) is 30.9. The van der Waals surface area contributed by atoms with Gasteiger partial charge in [-0.3, -0.25) is 0 Å². The maximum absolute atomic E-state index is 5.19. The highest BCUT2D eigenvalue weighted by atomic mass is 15.0. The molecule has 0 saturated heterocycles. The van der Waals surface area contributed by atoms with Gasteiger partial charge in [0.05, 0.1) is 11.0 Å². The van der Waals surface area contributed by atoms with Gasteiger partial charge in [-0.2, -0.15) is 0 Å². The van der Waals surface area contributed by atoms with Gasteiger partial charge in [0, 0.05) is 33.2 Å². The Balaban J connectivity index is 1.19. The third kappa shape index (κ3) is 3.92. The predicted molar refractivity (Wildman–Crippen MR) is 192 cm³/mol. The molecule has 0 unspecified atom stereocenters. The van der Waals surface area contributed by atoms with Gasteiger partial charge in [0.15, 0.2) is 17.5 Å². The van der Waals surface area contributed by atoms with Crippen LogP contribution in [0.2, 0.25) is 0 Å². The number of para-hydroxylation sites is 2. The Labute approximate surface area is 271 Å². The molecule has 0 saturated carbocycles. The normalized spacial score (nSPS) is 11.8. The van der Waals surface area contributed by atoms with Gasteiger partial charge in [-0.1, -0.05) is 127 Å². The molecular formula is C43H26N4. The van der Waals surface area contributed by atoms with Crippen LogP contribution in [-0.4, -0.2) is 19.5 Å². The summed E-state index contributed by atoms with van der Waals surface area (Å²) in [7, 11) is 0. The number of hydrogen-bond acceptors (Lipinski definition) is 3. The first-order valence-electron chi connectivity index (χ1n) is 15.9. The number of benzene rings is 7. The van der Waals surface area contributed by atoms with Gasteiger partial charge in [-0.25, -0.2) is 15.0 Å². The van der Waals surface area contributed by atoms with Gasteiger partial charge in [-0.05, 0) is 63.4 Å². The van der Waals surface area contributed by atoms with Gasteiger partial charge in [0.25, 0.3) is 0 Å². The Bertz CT molecular complexity index is 2600. The van der Waals surface area contributed by atoms with E-state index < -0.39 is 0 Å². The van der Waals surface area contributed by atoms with E-state index in [0.717, 1.165) is 27.8 Å². The summed E-state index contributed by atoms with van der Waals surface area (Å²) in [4.78, 5) is 15.4. The first-order chi connectivity index (χ1) is 23.3. The molecule has 4 heteroatoms. The van der Waals surface area contributed by atoms with E-state index in [-0.39, 0.29) is 0 Å². The molecule has 2 aromatic heterocycles. The maximum atomic E-state index is 5.19. The molecule has 0 amide bonds. The van der Waals surface area contributed by atoms with Crippen molar-refractivity contribution in [3.8, 4) is 62.1 Å². The van der Waals surface area contributed by atoms with Gasteiger partial charge in [0.2, 0.25) is 0 Å². The van der Waals surface area contributed by atoms with Crippen LogP contribution in [-0.2, 0) is 0 Å². The van der Waals surface area contributed by atoms with E-state index in [1.54, 1.807) is 0 Å². The fraction of sp³-hybridized carbons (Fsp3) is 0. The fourth-order valence-electron chi connectivity index (χ4n) is 7.33. The summed E-state index contributed by atoms with van der Waals surface area (Å²) >= 11 is 0. The second kappa shape index (κ2) is 10.1. The number of aromatic nitrogens is 4. The van der Waals surface area contributed by atoms with E-state index in [0.29, 0.717) is 17.5 Å². The molecule has 10 rings (SSSR count). The minimum atomic E-state index is 0.642. The molecule has 218 valence electrons. The van der Waals surface area contributed by atoms with Crippen molar-refractivity contribution >= 4 is 32.6 Å². The molecule has 0 radical (unpaired) electrons. The quantitative estimate of drug-likeness (QED) is 0.202. The second-order valence-electron chi connectivity index (χ2n) is 12.0. The van der Waals surface area contributed by atoms with Crippen molar-refractivity contribution in [2.24, 2.45) is 0 Å². The number of nitrogens with zero attached hydrogens (tertiary/aromatic N) is 4. The minimum absolute atomic E-state index is 0.642.